The van der Waals surface area contributed by atoms with Crippen LogP contribution in [0.1, 0.15) is 54.9 Å². The van der Waals surface area contributed by atoms with Gasteiger partial charge in [0.2, 0.25) is 9.12 Å². The normalized spacial score (nSPS) is 18.7. The van der Waals surface area contributed by atoms with Crippen LogP contribution in [0.15, 0.2) is 12.4 Å². The summed E-state index contributed by atoms with van der Waals surface area (Å²) in [5.74, 6) is 0. The van der Waals surface area contributed by atoms with Gasteiger partial charge in [-0.3, -0.25) is 0 Å². The molecule has 0 fully saturated rings. The van der Waals surface area contributed by atoms with Crippen LogP contribution in [0, 0.1) is 0 Å². The van der Waals surface area contributed by atoms with E-state index in [1.165, 1.54) is 12.5 Å². The van der Waals surface area contributed by atoms with Crippen molar-refractivity contribution in [2.75, 3.05) is 0 Å². The van der Waals surface area contributed by atoms with Crippen LogP contribution in [0.3, 0.4) is 0 Å². The third-order valence-electron chi connectivity index (χ3n) is 3.13. The Morgan fingerprint density at radius 1 is 0.875 bits per heavy atom. The van der Waals surface area contributed by atoms with E-state index in [0.29, 0.717) is 0 Å². The van der Waals surface area contributed by atoms with Gasteiger partial charge >= 0.3 is 0 Å². The van der Waals surface area contributed by atoms with Crippen molar-refractivity contribution in [2.24, 2.45) is 0 Å². The Bertz CT molecular complexity index is 236. The van der Waals surface area contributed by atoms with Crippen LogP contribution in [-0.4, -0.2) is 29.3 Å². The Labute approximate surface area is 103 Å². The fraction of sp³-hybridized carbons (Fsp3) is 0.846. The lowest BCUT2D eigenvalue weighted by Crippen LogP contribution is -2.56. The van der Waals surface area contributed by atoms with Crippen molar-refractivity contribution in [3.63, 3.8) is 0 Å². The molecule has 0 aliphatic carbocycles. The Morgan fingerprint density at radius 3 is 1.50 bits per heavy atom. The van der Waals surface area contributed by atoms with Gasteiger partial charge in [-0.15, -0.1) is 0 Å². The van der Waals surface area contributed by atoms with Crippen LogP contribution in [0.4, 0.5) is 0 Å². The lowest BCUT2D eigenvalue weighted by Gasteiger charge is -2.44. The highest BCUT2D eigenvalue weighted by Crippen LogP contribution is 2.30. The molecule has 0 atom stereocenters. The predicted octanol–water partition coefficient (Wildman–Crippen LogP) is 3.30. The molecule has 0 spiro atoms. The van der Waals surface area contributed by atoms with Crippen molar-refractivity contribution >= 4 is 9.12 Å². The number of hydrogen-bond donors (Lipinski definition) is 0. The highest BCUT2D eigenvalue weighted by molar-refractivity contribution is 6.54. The molecule has 94 valence electrons. The van der Waals surface area contributed by atoms with Crippen LogP contribution >= 0.6 is 0 Å². The molecular formula is C13H28N2Si. The zero-order valence-corrected chi connectivity index (χ0v) is 13.2. The molecule has 0 aromatic heterocycles. The van der Waals surface area contributed by atoms with E-state index >= 15 is 0 Å². The van der Waals surface area contributed by atoms with Gasteiger partial charge < -0.3 is 9.13 Å². The summed E-state index contributed by atoms with van der Waals surface area (Å²) in [4.78, 5) is 0. The van der Waals surface area contributed by atoms with E-state index in [2.05, 4.69) is 70.0 Å². The van der Waals surface area contributed by atoms with Crippen molar-refractivity contribution in [3.05, 3.63) is 12.4 Å². The first-order valence-electron chi connectivity index (χ1n) is 6.43. The molecule has 0 saturated heterocycles. The summed E-state index contributed by atoms with van der Waals surface area (Å²) < 4.78 is 5.25. The zero-order valence-electron chi connectivity index (χ0n) is 12.0. The summed E-state index contributed by atoms with van der Waals surface area (Å²) in [6.07, 6.45) is 5.92. The van der Waals surface area contributed by atoms with Gasteiger partial charge in [0.1, 0.15) is 0 Å². The minimum absolute atomic E-state index is 0.266. The van der Waals surface area contributed by atoms with E-state index in [1.807, 2.05) is 0 Å². The van der Waals surface area contributed by atoms with Crippen LogP contribution in [0.5, 0.6) is 0 Å². The lowest BCUT2D eigenvalue weighted by atomic mass is 10.1. The van der Waals surface area contributed by atoms with E-state index in [4.69, 9.17) is 0 Å². The molecule has 0 amide bonds. The van der Waals surface area contributed by atoms with Gasteiger partial charge in [-0.2, -0.15) is 0 Å². The first-order valence-corrected chi connectivity index (χ1v) is 8.28. The minimum atomic E-state index is -1.01. The zero-order chi connectivity index (χ0) is 12.6. The van der Waals surface area contributed by atoms with Gasteiger partial charge in [0.15, 0.2) is 0 Å². The first-order chi connectivity index (χ1) is 7.18. The van der Waals surface area contributed by atoms with Gasteiger partial charge in [-0.05, 0) is 47.6 Å². The summed E-state index contributed by atoms with van der Waals surface area (Å²) in [5.41, 5.74) is 0.533. The molecule has 1 aliphatic rings. The molecule has 16 heavy (non-hydrogen) atoms. The smallest absolute Gasteiger partial charge is 0.247 e. The molecule has 0 aromatic rings. The van der Waals surface area contributed by atoms with Crippen molar-refractivity contribution in [3.8, 4) is 0 Å². The summed E-state index contributed by atoms with van der Waals surface area (Å²) in [6.45, 7) is 16.2. The third-order valence-corrected chi connectivity index (χ3v) is 7.40. The molecule has 0 N–H and O–H groups in total. The first kappa shape index (κ1) is 13.6. The summed E-state index contributed by atoms with van der Waals surface area (Å²) in [7, 11) is -1.01. The quantitative estimate of drug-likeness (QED) is 0.683. The summed E-state index contributed by atoms with van der Waals surface area (Å²) in [5, 5.41) is 0. The van der Waals surface area contributed by atoms with Crippen molar-refractivity contribution in [1.29, 1.82) is 0 Å². The summed E-state index contributed by atoms with van der Waals surface area (Å²) >= 11 is 0. The maximum absolute atomic E-state index is 2.63. The van der Waals surface area contributed by atoms with Crippen LogP contribution in [-0.2, 0) is 0 Å². The maximum Gasteiger partial charge on any atom is 0.247 e. The SMILES string of the molecule is CCC[SiH]1N(C(C)(C)C)C=CN1C(C)(C)C. The molecule has 1 rings (SSSR count). The average molecular weight is 240 g/mol. The van der Waals surface area contributed by atoms with E-state index < -0.39 is 9.12 Å². The van der Waals surface area contributed by atoms with E-state index in [1.54, 1.807) is 0 Å². The average Bonchev–Trinajstić information content (AvgIpc) is 2.46. The molecule has 3 heteroatoms. The minimum Gasteiger partial charge on any atom is -0.383 e. The molecule has 0 bridgehead atoms. The maximum atomic E-state index is 2.63. The van der Waals surface area contributed by atoms with Gasteiger partial charge in [0, 0.05) is 23.5 Å². The van der Waals surface area contributed by atoms with Crippen molar-refractivity contribution in [2.45, 2.75) is 72.0 Å². The van der Waals surface area contributed by atoms with Gasteiger partial charge in [0.25, 0.3) is 0 Å². The van der Waals surface area contributed by atoms with Gasteiger partial charge in [0.05, 0.1) is 0 Å². The van der Waals surface area contributed by atoms with E-state index in [-0.39, 0.29) is 11.1 Å². The molecule has 1 aliphatic heterocycles. The largest absolute Gasteiger partial charge is 0.383 e. The van der Waals surface area contributed by atoms with Crippen LogP contribution < -0.4 is 0 Å². The fourth-order valence-corrected chi connectivity index (χ4v) is 6.03. The van der Waals surface area contributed by atoms with E-state index in [0.717, 1.165) is 0 Å². The lowest BCUT2D eigenvalue weighted by molar-refractivity contribution is 0.279. The van der Waals surface area contributed by atoms with E-state index in [9.17, 15) is 0 Å². The standard InChI is InChI=1S/C13H28N2Si/c1-8-11-16-14(12(2,3)4)9-10-15(16)13(5,6)7/h9-10,16H,8,11H2,1-7H3. The number of rotatable bonds is 2. The van der Waals surface area contributed by atoms with Gasteiger partial charge in [-0.25, -0.2) is 0 Å². The highest BCUT2D eigenvalue weighted by Gasteiger charge is 2.38. The fourth-order valence-electron chi connectivity index (χ4n) is 2.35. The molecule has 0 radical (unpaired) electrons. The molecule has 1 heterocycles. The Morgan fingerprint density at radius 2 is 1.25 bits per heavy atom. The molecular weight excluding hydrogens is 212 g/mol. The van der Waals surface area contributed by atoms with Gasteiger partial charge in [-0.1, -0.05) is 13.3 Å². The second-order valence-corrected chi connectivity index (χ2v) is 9.37. The second kappa shape index (κ2) is 4.44. The monoisotopic (exact) mass is 240 g/mol. The molecule has 0 unspecified atom stereocenters. The van der Waals surface area contributed by atoms with Crippen molar-refractivity contribution in [1.82, 2.24) is 9.13 Å². The number of nitrogens with zero attached hydrogens (tertiary/aromatic N) is 2. The highest BCUT2D eigenvalue weighted by atomic mass is 28.3. The Kier molecular flexibility index (Phi) is 3.78. The summed E-state index contributed by atoms with van der Waals surface area (Å²) in [6, 6.07) is 1.36. The topological polar surface area (TPSA) is 6.48 Å². The molecule has 2 nitrogen and oxygen atoms in total. The van der Waals surface area contributed by atoms with Crippen LogP contribution in [0.2, 0.25) is 6.04 Å². The predicted molar refractivity (Wildman–Crippen MR) is 74.6 cm³/mol. The number of hydrogen-bond acceptors (Lipinski definition) is 2. The molecule has 0 aromatic carbocycles. The van der Waals surface area contributed by atoms with Crippen LogP contribution in [0.25, 0.3) is 0 Å². The second-order valence-electron chi connectivity index (χ2n) is 6.72. The molecule has 0 saturated carbocycles. The Balaban J connectivity index is 2.90. The third kappa shape index (κ3) is 2.81. The van der Waals surface area contributed by atoms with Crippen molar-refractivity contribution < 1.29 is 0 Å². The Hall–Kier alpha value is -0.443.